The first-order valence-electron chi connectivity index (χ1n) is 8.17. The number of hydrogen-bond acceptors (Lipinski definition) is 4. The van der Waals surface area contributed by atoms with E-state index in [1.165, 1.54) is 0 Å². The van der Waals surface area contributed by atoms with Gasteiger partial charge in [0.25, 0.3) is 0 Å². The monoisotopic (exact) mass is 353 g/mol. The van der Waals surface area contributed by atoms with E-state index in [-0.39, 0.29) is 18.7 Å². The minimum Gasteiger partial charge on any atom is -0.497 e. The molecule has 1 heterocycles. The number of fused-ring (bicyclic) bond motifs is 1. The summed E-state index contributed by atoms with van der Waals surface area (Å²) < 4.78 is 10.6. The Morgan fingerprint density at radius 1 is 1.19 bits per heavy atom. The molecule has 0 saturated carbocycles. The van der Waals surface area contributed by atoms with Gasteiger partial charge in [0.2, 0.25) is 5.91 Å². The van der Waals surface area contributed by atoms with E-state index >= 15 is 0 Å². The summed E-state index contributed by atoms with van der Waals surface area (Å²) in [7, 11) is 1.57. The van der Waals surface area contributed by atoms with Gasteiger partial charge >= 0.3 is 5.97 Å². The molecule has 0 saturated heterocycles. The van der Waals surface area contributed by atoms with E-state index < -0.39 is 12.0 Å². The molecule has 2 aromatic carbocycles. The van der Waals surface area contributed by atoms with Crippen LogP contribution in [0.15, 0.2) is 59.2 Å². The molecule has 0 bridgehead atoms. The summed E-state index contributed by atoms with van der Waals surface area (Å²) in [5, 5.41) is 12.8. The average molecular weight is 353 g/mol. The lowest BCUT2D eigenvalue weighted by atomic mass is 10.0. The zero-order chi connectivity index (χ0) is 18.5. The molecule has 1 atom stereocenters. The minimum atomic E-state index is -0.972. The van der Waals surface area contributed by atoms with Gasteiger partial charge in [-0.15, -0.1) is 0 Å². The number of methoxy groups -OCH3 is 1. The zero-order valence-corrected chi connectivity index (χ0v) is 14.3. The van der Waals surface area contributed by atoms with Crippen LogP contribution in [0.3, 0.4) is 0 Å². The van der Waals surface area contributed by atoms with Gasteiger partial charge in [-0.2, -0.15) is 0 Å². The summed E-state index contributed by atoms with van der Waals surface area (Å²) in [6.07, 6.45) is 1.46. The van der Waals surface area contributed by atoms with Crippen molar-refractivity contribution in [1.82, 2.24) is 5.32 Å². The lowest BCUT2D eigenvalue weighted by Crippen LogP contribution is -2.31. The van der Waals surface area contributed by atoms with Crippen molar-refractivity contribution in [3.8, 4) is 5.75 Å². The molecule has 3 rings (SSSR count). The number of carbonyl (C=O) groups is 2. The van der Waals surface area contributed by atoms with Crippen molar-refractivity contribution in [2.24, 2.45) is 0 Å². The van der Waals surface area contributed by atoms with Gasteiger partial charge in [-0.1, -0.05) is 30.3 Å². The van der Waals surface area contributed by atoms with Crippen LogP contribution in [0.5, 0.6) is 5.75 Å². The Hall–Kier alpha value is -3.28. The maximum Gasteiger partial charge on any atom is 0.305 e. The smallest absolute Gasteiger partial charge is 0.305 e. The number of ether oxygens (including phenoxy) is 1. The number of carboxylic acids is 1. The molecule has 0 fully saturated rings. The fraction of sp³-hybridized carbons (Fsp3) is 0.200. The third kappa shape index (κ3) is 4.03. The minimum absolute atomic E-state index is 0.0995. The molecule has 1 aromatic heterocycles. The summed E-state index contributed by atoms with van der Waals surface area (Å²) in [6, 6.07) is 13.9. The first-order chi connectivity index (χ1) is 12.6. The molecular formula is C20H19NO5. The lowest BCUT2D eigenvalue weighted by Gasteiger charge is -2.17. The maximum atomic E-state index is 12.5. The first-order valence-corrected chi connectivity index (χ1v) is 8.17. The van der Waals surface area contributed by atoms with Crippen LogP contribution in [0.4, 0.5) is 0 Å². The highest BCUT2D eigenvalue weighted by Crippen LogP contribution is 2.26. The fourth-order valence-electron chi connectivity index (χ4n) is 2.86. The number of rotatable bonds is 7. The summed E-state index contributed by atoms with van der Waals surface area (Å²) in [6.45, 7) is 0. The number of benzene rings is 2. The quantitative estimate of drug-likeness (QED) is 0.680. The molecule has 1 amide bonds. The molecule has 6 nitrogen and oxygen atoms in total. The number of amides is 1. The average Bonchev–Trinajstić information content (AvgIpc) is 3.03. The van der Waals surface area contributed by atoms with Gasteiger partial charge in [0, 0.05) is 17.0 Å². The highest BCUT2D eigenvalue weighted by molar-refractivity contribution is 5.88. The number of aliphatic carboxylic acids is 1. The van der Waals surface area contributed by atoms with Gasteiger partial charge in [0.05, 0.1) is 32.3 Å². The predicted molar refractivity (Wildman–Crippen MR) is 96.0 cm³/mol. The number of hydrogen-bond donors (Lipinski definition) is 2. The Morgan fingerprint density at radius 2 is 1.96 bits per heavy atom. The Kier molecular flexibility index (Phi) is 5.22. The molecule has 26 heavy (non-hydrogen) atoms. The highest BCUT2D eigenvalue weighted by atomic mass is 16.5. The van der Waals surface area contributed by atoms with Gasteiger partial charge in [-0.05, 0) is 17.7 Å². The molecule has 0 aliphatic heterocycles. The summed E-state index contributed by atoms with van der Waals surface area (Å²) in [5.41, 5.74) is 2.13. The number of carbonyl (C=O) groups excluding carboxylic acids is 1. The molecule has 0 aliphatic rings. The molecule has 0 unspecified atom stereocenters. The van der Waals surface area contributed by atoms with E-state index in [9.17, 15) is 9.59 Å². The number of carboxylic acid groups (broad SMARTS) is 1. The van der Waals surface area contributed by atoms with E-state index in [1.54, 1.807) is 37.6 Å². The zero-order valence-electron chi connectivity index (χ0n) is 14.3. The second-order valence-electron chi connectivity index (χ2n) is 5.93. The standard InChI is InChI=1S/C20H19NO5/c1-25-15-7-8-16-14(12-26-18(16)10-15)9-19(22)21-17(11-20(23)24)13-5-3-2-4-6-13/h2-8,10,12,17H,9,11H2,1H3,(H,21,22)(H,23,24)/t17-/m1/s1. The lowest BCUT2D eigenvalue weighted by molar-refractivity contribution is -0.137. The van der Waals surface area contributed by atoms with Crippen LogP contribution in [-0.4, -0.2) is 24.1 Å². The van der Waals surface area contributed by atoms with Crippen molar-refractivity contribution < 1.29 is 23.8 Å². The van der Waals surface area contributed by atoms with Crippen molar-refractivity contribution in [2.75, 3.05) is 7.11 Å². The van der Waals surface area contributed by atoms with E-state index in [4.69, 9.17) is 14.3 Å². The maximum absolute atomic E-state index is 12.5. The Bertz CT molecular complexity index is 916. The second-order valence-corrected chi connectivity index (χ2v) is 5.93. The predicted octanol–water partition coefficient (Wildman–Crippen LogP) is 3.32. The van der Waals surface area contributed by atoms with Crippen LogP contribution in [0.2, 0.25) is 0 Å². The highest BCUT2D eigenvalue weighted by Gasteiger charge is 2.19. The molecule has 3 aromatic rings. The molecular weight excluding hydrogens is 334 g/mol. The number of furan rings is 1. The van der Waals surface area contributed by atoms with Crippen LogP contribution in [-0.2, 0) is 16.0 Å². The van der Waals surface area contributed by atoms with Crippen molar-refractivity contribution in [1.29, 1.82) is 0 Å². The van der Waals surface area contributed by atoms with Crippen LogP contribution in [0, 0.1) is 0 Å². The summed E-state index contributed by atoms with van der Waals surface area (Å²) >= 11 is 0. The molecule has 134 valence electrons. The number of nitrogens with one attached hydrogen (secondary N) is 1. The van der Waals surface area contributed by atoms with E-state index in [0.717, 1.165) is 16.5 Å². The van der Waals surface area contributed by atoms with Crippen molar-refractivity contribution in [3.63, 3.8) is 0 Å². The van der Waals surface area contributed by atoms with Gasteiger partial charge in [0.15, 0.2) is 0 Å². The fourth-order valence-corrected chi connectivity index (χ4v) is 2.86. The molecule has 2 N–H and O–H groups in total. The van der Waals surface area contributed by atoms with Crippen molar-refractivity contribution in [2.45, 2.75) is 18.9 Å². The summed E-state index contributed by atoms with van der Waals surface area (Å²) in [5.74, 6) is -0.563. The molecule has 0 aliphatic carbocycles. The van der Waals surface area contributed by atoms with Gasteiger partial charge in [-0.25, -0.2) is 0 Å². The largest absolute Gasteiger partial charge is 0.497 e. The van der Waals surface area contributed by atoms with Crippen LogP contribution in [0.25, 0.3) is 11.0 Å². The topological polar surface area (TPSA) is 88.8 Å². The third-order valence-corrected chi connectivity index (χ3v) is 4.13. The molecule has 6 heteroatoms. The summed E-state index contributed by atoms with van der Waals surface area (Å²) in [4.78, 5) is 23.6. The van der Waals surface area contributed by atoms with E-state index in [0.29, 0.717) is 11.3 Å². The van der Waals surface area contributed by atoms with Gasteiger partial charge in [-0.3, -0.25) is 9.59 Å². The second kappa shape index (κ2) is 7.74. The van der Waals surface area contributed by atoms with E-state index in [2.05, 4.69) is 5.32 Å². The van der Waals surface area contributed by atoms with Crippen LogP contribution < -0.4 is 10.1 Å². The van der Waals surface area contributed by atoms with Crippen molar-refractivity contribution >= 4 is 22.8 Å². The molecule has 0 spiro atoms. The van der Waals surface area contributed by atoms with Crippen LogP contribution >= 0.6 is 0 Å². The van der Waals surface area contributed by atoms with Gasteiger partial charge in [0.1, 0.15) is 11.3 Å². The Morgan fingerprint density at radius 3 is 2.65 bits per heavy atom. The normalized spacial score (nSPS) is 11.9. The van der Waals surface area contributed by atoms with E-state index in [1.807, 2.05) is 24.3 Å². The Labute approximate surface area is 150 Å². The third-order valence-electron chi connectivity index (χ3n) is 4.13. The SMILES string of the molecule is COc1ccc2c(CC(=O)N[C@H](CC(=O)O)c3ccccc3)coc2c1. The molecule has 0 radical (unpaired) electrons. The first kappa shape index (κ1) is 17.5. The Balaban J connectivity index is 1.75. The van der Waals surface area contributed by atoms with Crippen LogP contribution in [0.1, 0.15) is 23.6 Å². The van der Waals surface area contributed by atoms with Crippen molar-refractivity contribution in [3.05, 3.63) is 65.9 Å². The van der Waals surface area contributed by atoms with Gasteiger partial charge < -0.3 is 19.6 Å².